The Bertz CT molecular complexity index is 510. The number of carbonyl (C=O) groups excluding carboxylic acids is 2. The lowest BCUT2D eigenvalue weighted by Gasteiger charge is -2.33. The van der Waals surface area contributed by atoms with Crippen molar-refractivity contribution in [3.05, 3.63) is 34.6 Å². The van der Waals surface area contributed by atoms with Crippen LogP contribution in [-0.4, -0.2) is 11.8 Å². The minimum atomic E-state index is -0.455. The van der Waals surface area contributed by atoms with Gasteiger partial charge in [0.05, 0.1) is 0 Å². The number of hydrogen-bond acceptors (Lipinski definition) is 2. The first-order valence-corrected chi connectivity index (χ1v) is 6.56. The summed E-state index contributed by atoms with van der Waals surface area (Å²) in [5, 5.41) is 2.61. The number of amides is 2. The van der Waals surface area contributed by atoms with Crippen LogP contribution in [0.3, 0.4) is 0 Å². The molecule has 0 aliphatic carbocycles. The van der Waals surface area contributed by atoms with Crippen molar-refractivity contribution in [2.45, 2.75) is 26.2 Å². The molecule has 0 aromatic heterocycles. The normalized spacial score (nSPS) is 23.6. The molecule has 2 amide bonds. The summed E-state index contributed by atoms with van der Waals surface area (Å²) in [4.78, 5) is 23.5. The highest BCUT2D eigenvalue weighted by Gasteiger charge is 2.38. The van der Waals surface area contributed by atoms with Crippen molar-refractivity contribution in [2.24, 2.45) is 11.8 Å². The topological polar surface area (TPSA) is 46.2 Å². The molecule has 0 saturated carbocycles. The van der Waals surface area contributed by atoms with Crippen molar-refractivity contribution in [2.75, 3.05) is 0 Å². The highest BCUT2D eigenvalue weighted by atomic mass is 35.5. The molecule has 5 heteroatoms. The predicted molar refractivity (Wildman–Crippen MR) is 70.2 cm³/mol. The smallest absolute Gasteiger partial charge is 0.230 e. The summed E-state index contributed by atoms with van der Waals surface area (Å²) in [5.41, 5.74) is 0.604. The minimum Gasteiger partial charge on any atom is -0.296 e. The van der Waals surface area contributed by atoms with E-state index in [2.05, 4.69) is 5.32 Å². The second-order valence-electron chi connectivity index (χ2n) is 5.20. The Hall–Kier alpha value is -1.42. The van der Waals surface area contributed by atoms with Crippen LogP contribution >= 0.6 is 11.6 Å². The molecule has 19 heavy (non-hydrogen) atoms. The summed E-state index contributed by atoms with van der Waals surface area (Å²) in [6, 6.07) is 4.18. The van der Waals surface area contributed by atoms with Gasteiger partial charge in [0.2, 0.25) is 11.8 Å². The lowest BCUT2D eigenvalue weighted by molar-refractivity contribution is -0.138. The zero-order chi connectivity index (χ0) is 14.2. The fraction of sp³-hybridized carbons (Fsp3) is 0.429. The first-order chi connectivity index (χ1) is 8.88. The zero-order valence-corrected chi connectivity index (χ0v) is 11.5. The molecule has 3 nitrogen and oxygen atoms in total. The number of carbonyl (C=O) groups is 2. The van der Waals surface area contributed by atoms with Crippen molar-refractivity contribution >= 4 is 23.4 Å². The van der Waals surface area contributed by atoms with Crippen LogP contribution in [0.5, 0.6) is 0 Å². The van der Waals surface area contributed by atoms with Gasteiger partial charge in [0.1, 0.15) is 5.82 Å². The van der Waals surface area contributed by atoms with Gasteiger partial charge in [-0.1, -0.05) is 25.4 Å². The first-order valence-electron chi connectivity index (χ1n) is 6.18. The lowest BCUT2D eigenvalue weighted by Crippen LogP contribution is -2.46. The highest BCUT2D eigenvalue weighted by Crippen LogP contribution is 2.37. The average Bonchev–Trinajstić information content (AvgIpc) is 2.25. The number of imide groups is 1. The Morgan fingerprint density at radius 3 is 2.58 bits per heavy atom. The zero-order valence-electron chi connectivity index (χ0n) is 10.7. The number of rotatable bonds is 2. The molecule has 1 saturated heterocycles. The quantitative estimate of drug-likeness (QED) is 0.849. The maximum Gasteiger partial charge on any atom is 0.230 e. The molecule has 102 valence electrons. The average molecular weight is 284 g/mol. The third-order valence-electron chi connectivity index (χ3n) is 3.44. The minimum absolute atomic E-state index is 0.0557. The van der Waals surface area contributed by atoms with Crippen molar-refractivity contribution in [3.8, 4) is 0 Å². The van der Waals surface area contributed by atoms with Crippen molar-refractivity contribution in [3.63, 3.8) is 0 Å². The van der Waals surface area contributed by atoms with Crippen LogP contribution in [0, 0.1) is 17.7 Å². The van der Waals surface area contributed by atoms with Gasteiger partial charge in [0.25, 0.3) is 0 Å². The van der Waals surface area contributed by atoms with Gasteiger partial charge in [-0.3, -0.25) is 14.9 Å². The van der Waals surface area contributed by atoms with Crippen molar-refractivity contribution in [1.29, 1.82) is 0 Å². The molecule has 1 heterocycles. The molecule has 0 radical (unpaired) electrons. The molecule has 1 aromatic carbocycles. The molecular formula is C14H15ClFNO2. The first kappa shape index (κ1) is 14.0. The van der Waals surface area contributed by atoms with E-state index in [-0.39, 0.29) is 41.0 Å². The molecule has 0 spiro atoms. The van der Waals surface area contributed by atoms with Crippen LogP contribution in [0.2, 0.25) is 5.02 Å². The molecule has 2 atom stereocenters. The van der Waals surface area contributed by atoms with Crippen LogP contribution in [0.1, 0.15) is 31.7 Å². The van der Waals surface area contributed by atoms with E-state index in [4.69, 9.17) is 11.6 Å². The van der Waals surface area contributed by atoms with Crippen LogP contribution in [-0.2, 0) is 9.59 Å². The van der Waals surface area contributed by atoms with Gasteiger partial charge in [0.15, 0.2) is 0 Å². The van der Waals surface area contributed by atoms with Gasteiger partial charge >= 0.3 is 0 Å². The predicted octanol–water partition coefficient (Wildman–Crippen LogP) is 2.88. The van der Waals surface area contributed by atoms with Gasteiger partial charge in [-0.25, -0.2) is 4.39 Å². The number of halogens is 2. The number of hydrogen-bond donors (Lipinski definition) is 1. The Balaban J connectivity index is 2.43. The van der Waals surface area contributed by atoms with Crippen LogP contribution in [0.15, 0.2) is 18.2 Å². The van der Waals surface area contributed by atoms with Crippen LogP contribution < -0.4 is 5.32 Å². The van der Waals surface area contributed by atoms with Gasteiger partial charge in [-0.2, -0.15) is 0 Å². The van der Waals surface area contributed by atoms with E-state index in [0.717, 1.165) is 0 Å². The number of benzene rings is 1. The van der Waals surface area contributed by atoms with E-state index in [1.165, 1.54) is 12.1 Å². The Kier molecular flexibility index (Phi) is 3.90. The maximum atomic E-state index is 13.4. The van der Waals surface area contributed by atoms with E-state index < -0.39 is 5.82 Å². The Morgan fingerprint density at radius 1 is 1.32 bits per heavy atom. The maximum absolute atomic E-state index is 13.4. The fourth-order valence-electron chi connectivity index (χ4n) is 2.66. The van der Waals surface area contributed by atoms with E-state index in [1.54, 1.807) is 6.07 Å². The van der Waals surface area contributed by atoms with Crippen LogP contribution in [0.4, 0.5) is 4.39 Å². The number of nitrogens with one attached hydrogen (secondary N) is 1. The monoisotopic (exact) mass is 283 g/mol. The summed E-state index contributed by atoms with van der Waals surface area (Å²) >= 11 is 5.84. The third kappa shape index (κ3) is 2.95. The SMILES string of the molecule is CC(C)C1C(=O)NC(=O)CC1c1cc(F)cc(Cl)c1. The van der Waals surface area contributed by atoms with E-state index in [0.29, 0.717) is 5.56 Å². The lowest BCUT2D eigenvalue weighted by atomic mass is 9.75. The molecule has 1 aliphatic heterocycles. The van der Waals surface area contributed by atoms with E-state index >= 15 is 0 Å². The molecule has 1 aromatic rings. The number of piperidine rings is 1. The molecule has 0 bridgehead atoms. The molecule has 1 N–H and O–H groups in total. The van der Waals surface area contributed by atoms with Gasteiger partial charge in [-0.15, -0.1) is 0 Å². The largest absolute Gasteiger partial charge is 0.296 e. The van der Waals surface area contributed by atoms with Gasteiger partial charge < -0.3 is 0 Å². The van der Waals surface area contributed by atoms with Gasteiger partial charge in [-0.05, 0) is 29.7 Å². The third-order valence-corrected chi connectivity index (χ3v) is 3.65. The van der Waals surface area contributed by atoms with E-state index in [9.17, 15) is 14.0 Å². The second kappa shape index (κ2) is 5.29. The summed E-state index contributed by atoms with van der Waals surface area (Å²) in [5.74, 6) is -1.70. The molecule has 2 unspecified atom stereocenters. The summed E-state index contributed by atoms with van der Waals surface area (Å²) in [6.07, 6.45) is 0.175. The molecule has 1 aliphatic rings. The molecular weight excluding hydrogens is 269 g/mol. The summed E-state index contributed by atoms with van der Waals surface area (Å²) < 4.78 is 13.4. The molecule has 1 fully saturated rings. The summed E-state index contributed by atoms with van der Waals surface area (Å²) in [7, 11) is 0. The van der Waals surface area contributed by atoms with Gasteiger partial charge in [0, 0.05) is 23.3 Å². The molecule has 2 rings (SSSR count). The van der Waals surface area contributed by atoms with Crippen molar-refractivity contribution in [1.82, 2.24) is 5.32 Å². The Morgan fingerprint density at radius 2 is 2.00 bits per heavy atom. The Labute approximate surface area is 116 Å². The van der Waals surface area contributed by atoms with Crippen molar-refractivity contribution < 1.29 is 14.0 Å². The second-order valence-corrected chi connectivity index (χ2v) is 5.63. The van der Waals surface area contributed by atoms with Crippen LogP contribution in [0.25, 0.3) is 0 Å². The standard InChI is InChI=1S/C14H15ClFNO2/c1-7(2)13-11(6-12(18)17-14(13)19)8-3-9(15)5-10(16)4-8/h3-5,7,11,13H,6H2,1-2H3,(H,17,18,19). The highest BCUT2D eigenvalue weighted by molar-refractivity contribution is 6.30. The van der Waals surface area contributed by atoms with E-state index in [1.807, 2.05) is 13.8 Å². The summed E-state index contributed by atoms with van der Waals surface area (Å²) in [6.45, 7) is 3.82. The fourth-order valence-corrected chi connectivity index (χ4v) is 2.89.